The van der Waals surface area contributed by atoms with Crippen LogP contribution in [0.2, 0.25) is 0 Å². The largest absolute Gasteiger partial charge is 0.390 e. The molecule has 1 aliphatic rings. The Hall–Kier alpha value is -6.13. The van der Waals surface area contributed by atoms with E-state index in [1.807, 2.05) is 55.4 Å². The van der Waals surface area contributed by atoms with E-state index in [0.29, 0.717) is 6.42 Å². The summed E-state index contributed by atoms with van der Waals surface area (Å²) in [7, 11) is 9.87. The summed E-state index contributed by atoms with van der Waals surface area (Å²) >= 11 is 0. The molecule has 1 aliphatic heterocycles. The van der Waals surface area contributed by atoms with E-state index in [2.05, 4.69) is 21.3 Å². The van der Waals surface area contributed by atoms with Crippen molar-refractivity contribution in [3.8, 4) is 0 Å². The van der Waals surface area contributed by atoms with Crippen LogP contribution < -0.4 is 21.3 Å². The Kier molecular flexibility index (Phi) is 30.8. The first-order chi connectivity index (χ1) is 38.7. The number of carbonyl (C=O) groups excluding carboxylic acids is 11. The lowest BCUT2D eigenvalue weighted by Crippen LogP contribution is -2.63. The Morgan fingerprint density at radius 2 is 0.810 bits per heavy atom. The molecule has 1 saturated heterocycles. The fourth-order valence-corrected chi connectivity index (χ4v) is 10.5. The van der Waals surface area contributed by atoms with Crippen molar-refractivity contribution < 1.29 is 57.8 Å². The number of amides is 11. The Labute approximate surface area is 502 Å². The zero-order valence-corrected chi connectivity index (χ0v) is 55.4. The van der Waals surface area contributed by atoms with Crippen LogP contribution in [0, 0.1) is 41.4 Å². The zero-order valence-electron chi connectivity index (χ0n) is 55.4. The molecule has 480 valence electrons. The number of rotatable bonds is 14. The number of likely N-dealkylation sites (N-methyl/N-ethyl adjacent to an activating group) is 7. The van der Waals surface area contributed by atoms with Crippen LogP contribution in [0.15, 0.2) is 12.2 Å². The summed E-state index contributed by atoms with van der Waals surface area (Å²) in [5.41, 5.74) is 0. The van der Waals surface area contributed by atoms with Crippen LogP contribution in [0.4, 0.5) is 0 Å². The third-order valence-corrected chi connectivity index (χ3v) is 15.8. The van der Waals surface area contributed by atoms with Crippen LogP contribution in [0.1, 0.15) is 150 Å². The minimum absolute atomic E-state index is 0.129. The summed E-state index contributed by atoms with van der Waals surface area (Å²) < 4.78 is 0. The van der Waals surface area contributed by atoms with Gasteiger partial charge < -0.3 is 60.7 Å². The number of allylic oxidation sites excluding steroid dienone is 2. The number of nitrogens with one attached hydrogen (secondary N) is 4. The van der Waals surface area contributed by atoms with Crippen LogP contribution in [0.3, 0.4) is 0 Å². The lowest BCUT2D eigenvalue weighted by molar-refractivity contribution is -0.157. The molecule has 12 atom stereocenters. The second-order valence-electron chi connectivity index (χ2n) is 25.9. The normalized spacial score (nSPS) is 27.1. The Morgan fingerprint density at radius 3 is 1.26 bits per heavy atom. The van der Waals surface area contributed by atoms with E-state index in [1.54, 1.807) is 53.7 Å². The molecule has 1 rings (SSSR count). The van der Waals surface area contributed by atoms with Gasteiger partial charge in [0.05, 0.1) is 12.6 Å². The summed E-state index contributed by atoms with van der Waals surface area (Å²) in [5, 5.41) is 22.9. The zero-order chi connectivity index (χ0) is 65.3. The van der Waals surface area contributed by atoms with Crippen LogP contribution in [0.25, 0.3) is 0 Å². The molecule has 0 aromatic carbocycles. The van der Waals surface area contributed by atoms with Gasteiger partial charge in [-0.1, -0.05) is 102 Å². The molecule has 0 radical (unpaired) electrons. The Bertz CT molecular complexity index is 2310. The van der Waals surface area contributed by atoms with Gasteiger partial charge in [0.25, 0.3) is 0 Å². The van der Waals surface area contributed by atoms with Crippen LogP contribution >= 0.6 is 0 Å². The molecule has 5 N–H and O–H groups in total. The average molecular weight is 1190 g/mol. The first-order valence-corrected chi connectivity index (χ1v) is 30.0. The van der Waals surface area contributed by atoms with Crippen LogP contribution in [-0.2, 0) is 52.7 Å². The van der Waals surface area contributed by atoms with Crippen molar-refractivity contribution in [2.75, 3.05) is 55.9 Å². The maximum absolute atomic E-state index is 15.1. The molecule has 1 fully saturated rings. The maximum atomic E-state index is 15.1. The van der Waals surface area contributed by atoms with Gasteiger partial charge in [0.2, 0.25) is 65.0 Å². The van der Waals surface area contributed by atoms with Gasteiger partial charge in [0.1, 0.15) is 60.4 Å². The van der Waals surface area contributed by atoms with Crippen molar-refractivity contribution in [3.63, 3.8) is 0 Å². The van der Waals surface area contributed by atoms with Crippen molar-refractivity contribution >= 4 is 65.0 Å². The highest BCUT2D eigenvalue weighted by Gasteiger charge is 2.45. The molecule has 0 aliphatic carbocycles. The molecule has 11 amide bonds. The summed E-state index contributed by atoms with van der Waals surface area (Å²) in [5.74, 6) is -9.78. The molecule has 0 bridgehead atoms. The number of aliphatic hydroxyl groups excluding tert-OH is 1. The molecule has 0 aromatic heterocycles. The van der Waals surface area contributed by atoms with E-state index in [0.717, 1.165) is 9.80 Å². The molecule has 0 aromatic rings. The third kappa shape index (κ3) is 21.1. The number of carbonyl (C=O) groups is 11. The smallest absolute Gasteiger partial charge is 0.246 e. The van der Waals surface area contributed by atoms with Gasteiger partial charge in [-0.2, -0.15) is 0 Å². The van der Waals surface area contributed by atoms with Gasteiger partial charge in [-0.05, 0) is 101 Å². The molecule has 0 spiro atoms. The van der Waals surface area contributed by atoms with Crippen LogP contribution in [0.5, 0.6) is 0 Å². The van der Waals surface area contributed by atoms with Crippen molar-refractivity contribution in [2.45, 2.75) is 216 Å². The summed E-state index contributed by atoms with van der Waals surface area (Å²) in [4.78, 5) is 168. The third-order valence-electron chi connectivity index (χ3n) is 15.8. The molecule has 23 nitrogen and oxygen atoms in total. The van der Waals surface area contributed by atoms with Gasteiger partial charge in [-0.3, -0.25) is 52.7 Å². The first-order valence-electron chi connectivity index (χ1n) is 30.0. The highest BCUT2D eigenvalue weighted by molar-refractivity contribution is 5.99. The van der Waals surface area contributed by atoms with E-state index in [1.165, 1.54) is 94.6 Å². The van der Waals surface area contributed by atoms with Crippen molar-refractivity contribution in [3.05, 3.63) is 12.2 Å². The van der Waals surface area contributed by atoms with Gasteiger partial charge in [0.15, 0.2) is 0 Å². The van der Waals surface area contributed by atoms with E-state index in [9.17, 15) is 48.3 Å². The van der Waals surface area contributed by atoms with E-state index < -0.39 is 156 Å². The second kappa shape index (κ2) is 34.1. The molecular formula is C61H109N11O12. The molecule has 84 heavy (non-hydrogen) atoms. The monoisotopic (exact) mass is 1190 g/mol. The average Bonchev–Trinajstić information content (AvgIpc) is 2.58. The van der Waals surface area contributed by atoms with Gasteiger partial charge in [0, 0.05) is 49.3 Å². The molecule has 1 unspecified atom stereocenters. The number of hydrogen-bond donors (Lipinski definition) is 5. The first kappa shape index (κ1) is 75.9. The lowest BCUT2D eigenvalue weighted by Gasteiger charge is -2.41. The minimum atomic E-state index is -1.61. The summed E-state index contributed by atoms with van der Waals surface area (Å²) in [6.45, 7) is 29.0. The lowest BCUT2D eigenvalue weighted by atomic mass is 9.91. The fraction of sp³-hybridized carbons (Fsp3) is 0.787. The van der Waals surface area contributed by atoms with Gasteiger partial charge in [-0.15, -0.1) is 0 Å². The molecule has 0 saturated carbocycles. The van der Waals surface area contributed by atoms with Crippen molar-refractivity contribution in [1.82, 2.24) is 55.6 Å². The number of aliphatic hydroxyl groups is 1. The van der Waals surface area contributed by atoms with Gasteiger partial charge >= 0.3 is 0 Å². The summed E-state index contributed by atoms with van der Waals surface area (Å²) in [6.07, 6.45) is 3.00. The van der Waals surface area contributed by atoms with Crippen LogP contribution in [-0.4, -0.2) is 227 Å². The number of nitrogens with zero attached hydrogens (tertiary/aromatic N) is 7. The van der Waals surface area contributed by atoms with E-state index in [-0.39, 0.29) is 49.4 Å². The predicted molar refractivity (Wildman–Crippen MR) is 324 cm³/mol. The Morgan fingerprint density at radius 1 is 0.429 bits per heavy atom. The number of hydrogen-bond acceptors (Lipinski definition) is 12. The molecule has 1 heterocycles. The molecule has 23 heteroatoms. The predicted octanol–water partition coefficient (Wildman–Crippen LogP) is 2.88. The summed E-state index contributed by atoms with van der Waals surface area (Å²) in [6, 6.07) is -12.4. The standard InChI is InChI=1S/C61H109N11O12/c1-25-26-27-39(14)51(74)50-55(78)64-41(16)56(79)66(18)32-47(73)67(19)43(28-33(2)3)54(77)65-48(37(10)11)60(83)68(20)44(29-34(4)5)53(76)62-40(15)52(75)63-42(17)57(80)69(21)45(30-35(6)7)58(81)70(22)46(31-36(8)9)59(82)71(23)49(38(12)13)61(84)72(50)24/h25-26,33-46,48-51,74H,27-32H2,1-24H3,(H,62,76)(H,63,75)(H,64,78)(H,65,77)/b26-25+/t39?,40-,41+,42+,43+,44+,45+,46+,48+,49+,50-,51+/m1/s1. The van der Waals surface area contributed by atoms with E-state index in [4.69, 9.17) is 0 Å². The highest BCUT2D eigenvalue weighted by Crippen LogP contribution is 2.25. The SMILES string of the molecule is C/C=C/CC(C)[C@H](O)[C@@H]1C(=O)N[C@@H](C)C(=O)N(C)CC(=O)N(C)[C@@H](CC(C)C)C(=O)N[C@@H](C(C)C)C(=O)N(C)[C@@H](CC(C)C)C(=O)N[C@H](C)C(=O)N[C@@H](C)C(=O)N(C)[C@@H](CC(C)C)C(=O)N(C)[C@@H](CC(C)C)C(=O)N(C)[C@@H](C(C)C)C(=O)N1C. The quantitative estimate of drug-likeness (QED) is 0.157. The topological polar surface area (TPSA) is 279 Å². The Balaban J connectivity index is 4.28. The van der Waals surface area contributed by atoms with E-state index >= 15 is 9.59 Å². The highest BCUT2D eigenvalue weighted by atomic mass is 16.3. The van der Waals surface area contributed by atoms with Crippen molar-refractivity contribution in [2.24, 2.45) is 41.4 Å². The minimum Gasteiger partial charge on any atom is -0.390 e. The maximum Gasteiger partial charge on any atom is 0.246 e. The fourth-order valence-electron chi connectivity index (χ4n) is 10.5. The van der Waals surface area contributed by atoms with Gasteiger partial charge in [-0.25, -0.2) is 0 Å². The second-order valence-corrected chi connectivity index (χ2v) is 25.9. The molecular weight excluding hydrogens is 1080 g/mol. The van der Waals surface area contributed by atoms with Crippen molar-refractivity contribution in [1.29, 1.82) is 0 Å².